The molecule has 6 nitrogen and oxygen atoms in total. The van der Waals surface area contributed by atoms with E-state index in [2.05, 4.69) is 4.67 Å². The molecule has 1 rings (SSSR count). The molecule has 0 amide bonds. The average molecular weight is 304 g/mol. The summed E-state index contributed by atoms with van der Waals surface area (Å²) in [5.41, 5.74) is 1.58. The average Bonchev–Trinajstić information content (AvgIpc) is 2.46. The topological polar surface area (TPSA) is 74.2 Å². The van der Waals surface area contributed by atoms with E-state index in [-0.39, 0.29) is 12.8 Å². The lowest BCUT2D eigenvalue weighted by Gasteiger charge is -2.18. The quantitative estimate of drug-likeness (QED) is 0.450. The minimum atomic E-state index is -3.56. The van der Waals surface area contributed by atoms with Gasteiger partial charge in [-0.3, -0.25) is 4.57 Å². The third kappa shape index (κ3) is 3.73. The molecule has 1 N–H and O–H groups in total. The van der Waals surface area contributed by atoms with Crippen LogP contribution in [0.5, 0.6) is 11.5 Å². The van der Waals surface area contributed by atoms with E-state index in [1.54, 1.807) is 33.3 Å². The van der Waals surface area contributed by atoms with Crippen molar-refractivity contribution >= 4 is 7.60 Å². The van der Waals surface area contributed by atoms with Gasteiger partial charge in [-0.1, -0.05) is 13.0 Å². The molecule has 0 aliphatic carbocycles. The van der Waals surface area contributed by atoms with Gasteiger partial charge < -0.3 is 14.0 Å². The molecule has 0 bridgehead atoms. The van der Waals surface area contributed by atoms with Crippen molar-refractivity contribution < 1.29 is 28.5 Å². The van der Waals surface area contributed by atoms with Gasteiger partial charge in [0.2, 0.25) is 0 Å². The molecule has 20 heavy (non-hydrogen) atoms. The number of benzene rings is 1. The standard InChI is InChI=1S/C13H21O6P/c1-5-11-10(9-20(15,19-14)18-6-2)7-8-12(16-3)13(11)17-4/h7-8,14H,5-6,9H2,1-4H3. The highest BCUT2D eigenvalue weighted by Crippen LogP contribution is 2.52. The molecule has 0 heterocycles. The molecule has 0 saturated carbocycles. The molecule has 114 valence electrons. The smallest absolute Gasteiger partial charge is 0.362 e. The first-order valence-corrected chi connectivity index (χ1v) is 8.07. The minimum absolute atomic E-state index is 0.0269. The van der Waals surface area contributed by atoms with Gasteiger partial charge in [0.25, 0.3) is 0 Å². The van der Waals surface area contributed by atoms with Crippen molar-refractivity contribution in [3.63, 3.8) is 0 Å². The van der Waals surface area contributed by atoms with Crippen molar-refractivity contribution in [2.24, 2.45) is 0 Å². The number of rotatable bonds is 8. The molecule has 0 spiro atoms. The molecule has 0 aliphatic rings. The first kappa shape index (κ1) is 17.0. The molecule has 0 aromatic heterocycles. The zero-order chi connectivity index (χ0) is 15.2. The van der Waals surface area contributed by atoms with Crippen molar-refractivity contribution in [3.05, 3.63) is 23.3 Å². The Kier molecular flexibility index (Phi) is 6.49. The Morgan fingerprint density at radius 3 is 2.35 bits per heavy atom. The van der Waals surface area contributed by atoms with E-state index < -0.39 is 7.60 Å². The van der Waals surface area contributed by atoms with Crippen LogP contribution in [0.2, 0.25) is 0 Å². The molecule has 0 fully saturated rings. The van der Waals surface area contributed by atoms with E-state index in [1.165, 1.54) is 0 Å². The zero-order valence-electron chi connectivity index (χ0n) is 12.2. The molecule has 1 aromatic rings. The molecule has 0 radical (unpaired) electrons. The van der Waals surface area contributed by atoms with Gasteiger partial charge in [0.15, 0.2) is 11.5 Å². The second kappa shape index (κ2) is 7.64. The predicted octanol–water partition coefficient (Wildman–Crippen LogP) is 3.49. The Bertz CT molecular complexity index is 488. The van der Waals surface area contributed by atoms with Crippen LogP contribution >= 0.6 is 7.60 Å². The molecule has 1 atom stereocenters. The van der Waals surface area contributed by atoms with Crippen LogP contribution in [-0.2, 0) is 26.3 Å². The SMILES string of the molecule is CCOP(=O)(Cc1ccc(OC)c(OC)c1CC)OO. The Morgan fingerprint density at radius 2 is 1.90 bits per heavy atom. The van der Waals surface area contributed by atoms with Gasteiger partial charge in [-0.2, -0.15) is 4.67 Å². The van der Waals surface area contributed by atoms with E-state index in [0.717, 1.165) is 11.1 Å². The molecular weight excluding hydrogens is 283 g/mol. The lowest BCUT2D eigenvalue weighted by Crippen LogP contribution is -2.03. The number of hydrogen-bond donors (Lipinski definition) is 1. The fraction of sp³-hybridized carbons (Fsp3) is 0.538. The minimum Gasteiger partial charge on any atom is -0.493 e. The van der Waals surface area contributed by atoms with Crippen LogP contribution in [0.3, 0.4) is 0 Å². The summed E-state index contributed by atoms with van der Waals surface area (Å²) in [6.45, 7) is 3.82. The van der Waals surface area contributed by atoms with Gasteiger partial charge in [-0.15, -0.1) is 0 Å². The molecular formula is C13H21O6P. The van der Waals surface area contributed by atoms with E-state index >= 15 is 0 Å². The molecule has 1 unspecified atom stereocenters. The van der Waals surface area contributed by atoms with Crippen molar-refractivity contribution in [1.82, 2.24) is 0 Å². The summed E-state index contributed by atoms with van der Waals surface area (Å²) in [5, 5.41) is 8.82. The fourth-order valence-corrected chi connectivity index (χ4v) is 3.37. The molecule has 7 heteroatoms. The van der Waals surface area contributed by atoms with Gasteiger partial charge in [-0.05, 0) is 25.0 Å². The van der Waals surface area contributed by atoms with Crippen LogP contribution in [-0.4, -0.2) is 26.1 Å². The lowest BCUT2D eigenvalue weighted by atomic mass is 10.0. The third-order valence-electron chi connectivity index (χ3n) is 2.91. The summed E-state index contributed by atoms with van der Waals surface area (Å²) in [6, 6.07) is 3.49. The van der Waals surface area contributed by atoms with Gasteiger partial charge >= 0.3 is 7.60 Å². The normalized spacial score (nSPS) is 13.8. The number of methoxy groups -OCH3 is 2. The van der Waals surface area contributed by atoms with Crippen LogP contribution in [0.15, 0.2) is 12.1 Å². The lowest BCUT2D eigenvalue weighted by molar-refractivity contribution is -0.149. The second-order valence-electron chi connectivity index (χ2n) is 4.06. The van der Waals surface area contributed by atoms with Gasteiger partial charge in [0.05, 0.1) is 27.0 Å². The first-order valence-electron chi connectivity index (χ1n) is 6.34. The van der Waals surface area contributed by atoms with Crippen LogP contribution in [0.25, 0.3) is 0 Å². The van der Waals surface area contributed by atoms with Gasteiger partial charge in [0.1, 0.15) is 0 Å². The number of ether oxygens (including phenoxy) is 2. The summed E-state index contributed by atoms with van der Waals surface area (Å²) in [5.74, 6) is 1.19. The Morgan fingerprint density at radius 1 is 1.20 bits per heavy atom. The van der Waals surface area contributed by atoms with Crippen LogP contribution in [0, 0.1) is 0 Å². The highest BCUT2D eigenvalue weighted by Gasteiger charge is 2.27. The summed E-state index contributed by atoms with van der Waals surface area (Å²) >= 11 is 0. The maximum Gasteiger partial charge on any atom is 0.362 e. The summed E-state index contributed by atoms with van der Waals surface area (Å²) in [4.78, 5) is 0. The van der Waals surface area contributed by atoms with Crippen LogP contribution in [0.1, 0.15) is 25.0 Å². The summed E-state index contributed by atoms with van der Waals surface area (Å²) in [7, 11) is -0.455. The monoisotopic (exact) mass is 304 g/mol. The molecule has 0 saturated heterocycles. The maximum atomic E-state index is 12.2. The maximum absolute atomic E-state index is 12.2. The highest BCUT2D eigenvalue weighted by molar-refractivity contribution is 7.52. The van der Waals surface area contributed by atoms with E-state index in [9.17, 15) is 4.57 Å². The van der Waals surface area contributed by atoms with Crippen molar-refractivity contribution in [2.45, 2.75) is 26.4 Å². The van der Waals surface area contributed by atoms with E-state index in [1.807, 2.05) is 6.92 Å². The van der Waals surface area contributed by atoms with Crippen LogP contribution in [0.4, 0.5) is 0 Å². The van der Waals surface area contributed by atoms with Gasteiger partial charge in [0, 0.05) is 5.56 Å². The highest BCUT2D eigenvalue weighted by atomic mass is 31.2. The van der Waals surface area contributed by atoms with E-state index in [4.69, 9.17) is 19.3 Å². The molecule has 0 aliphatic heterocycles. The second-order valence-corrected chi connectivity index (χ2v) is 6.02. The zero-order valence-corrected chi connectivity index (χ0v) is 13.1. The van der Waals surface area contributed by atoms with Crippen molar-refractivity contribution in [3.8, 4) is 11.5 Å². The van der Waals surface area contributed by atoms with Crippen molar-refractivity contribution in [2.75, 3.05) is 20.8 Å². The predicted molar refractivity (Wildman–Crippen MR) is 75.6 cm³/mol. The number of hydrogen-bond acceptors (Lipinski definition) is 6. The first-order chi connectivity index (χ1) is 9.55. The van der Waals surface area contributed by atoms with E-state index in [0.29, 0.717) is 17.9 Å². The van der Waals surface area contributed by atoms with Crippen molar-refractivity contribution in [1.29, 1.82) is 0 Å². The molecule has 1 aromatic carbocycles. The summed E-state index contributed by atoms with van der Waals surface area (Å²) in [6.07, 6.45) is 0.633. The Balaban J connectivity index is 3.22. The Labute approximate surface area is 119 Å². The fourth-order valence-electron chi connectivity index (χ4n) is 2.07. The van der Waals surface area contributed by atoms with Gasteiger partial charge in [-0.25, -0.2) is 5.26 Å². The van der Waals surface area contributed by atoms with Crippen LogP contribution < -0.4 is 9.47 Å². The third-order valence-corrected chi connectivity index (χ3v) is 4.54. The largest absolute Gasteiger partial charge is 0.493 e. The summed E-state index contributed by atoms with van der Waals surface area (Å²) < 4.78 is 31.9. The Hall–Kier alpha value is -1.07.